The smallest absolute Gasteiger partial charge is 0.253 e. The van der Waals surface area contributed by atoms with Crippen molar-refractivity contribution >= 4 is 34.5 Å². The van der Waals surface area contributed by atoms with Gasteiger partial charge in [0.2, 0.25) is 18.6 Å². The SMILES string of the molecule is COCCCN1C(=O)[C@H](CC(=O)Nc2ccc3c(c2)OCO3)n2c1nc1ccccc12. The van der Waals surface area contributed by atoms with Gasteiger partial charge in [0.25, 0.3) is 5.91 Å². The van der Waals surface area contributed by atoms with Crippen LogP contribution in [0.15, 0.2) is 42.5 Å². The molecule has 2 aliphatic heterocycles. The molecule has 3 heterocycles. The zero-order chi connectivity index (χ0) is 21.4. The van der Waals surface area contributed by atoms with E-state index in [1.807, 2.05) is 28.8 Å². The number of benzene rings is 2. The van der Waals surface area contributed by atoms with Crippen LogP contribution in [-0.4, -0.2) is 48.4 Å². The van der Waals surface area contributed by atoms with Crippen LogP contribution in [0.4, 0.5) is 11.6 Å². The lowest BCUT2D eigenvalue weighted by atomic mass is 10.1. The highest BCUT2D eigenvalue weighted by Crippen LogP contribution is 2.37. The maximum atomic E-state index is 13.2. The zero-order valence-corrected chi connectivity index (χ0v) is 17.0. The number of amides is 2. The van der Waals surface area contributed by atoms with Gasteiger partial charge in [-0.15, -0.1) is 0 Å². The molecule has 31 heavy (non-hydrogen) atoms. The van der Waals surface area contributed by atoms with Gasteiger partial charge in [-0.2, -0.15) is 0 Å². The van der Waals surface area contributed by atoms with Crippen LogP contribution in [0.3, 0.4) is 0 Å². The highest BCUT2D eigenvalue weighted by atomic mass is 16.7. The fourth-order valence-corrected chi connectivity index (χ4v) is 4.04. The van der Waals surface area contributed by atoms with Crippen LogP contribution in [0.25, 0.3) is 11.0 Å². The lowest BCUT2D eigenvalue weighted by Crippen LogP contribution is -2.32. The largest absolute Gasteiger partial charge is 0.454 e. The summed E-state index contributed by atoms with van der Waals surface area (Å²) < 4.78 is 17.6. The van der Waals surface area contributed by atoms with E-state index in [1.54, 1.807) is 30.2 Å². The van der Waals surface area contributed by atoms with Crippen molar-refractivity contribution in [2.45, 2.75) is 18.9 Å². The van der Waals surface area contributed by atoms with Gasteiger partial charge >= 0.3 is 0 Å². The Morgan fingerprint density at radius 1 is 1.23 bits per heavy atom. The monoisotopic (exact) mass is 422 g/mol. The molecule has 160 valence electrons. The molecule has 0 unspecified atom stereocenters. The minimum absolute atomic E-state index is 0.00140. The zero-order valence-electron chi connectivity index (χ0n) is 17.0. The predicted molar refractivity (Wildman–Crippen MR) is 113 cm³/mol. The molecule has 1 N–H and O–H groups in total. The van der Waals surface area contributed by atoms with E-state index in [-0.39, 0.29) is 25.0 Å². The van der Waals surface area contributed by atoms with Crippen molar-refractivity contribution in [1.29, 1.82) is 0 Å². The molecule has 2 aliphatic rings. The molecule has 1 atom stereocenters. The van der Waals surface area contributed by atoms with E-state index in [2.05, 4.69) is 10.3 Å². The summed E-state index contributed by atoms with van der Waals surface area (Å²) >= 11 is 0. The predicted octanol–water partition coefficient (Wildman–Crippen LogP) is 2.72. The maximum Gasteiger partial charge on any atom is 0.253 e. The third-order valence-corrected chi connectivity index (χ3v) is 5.45. The Hall–Kier alpha value is -3.59. The van der Waals surface area contributed by atoms with Crippen molar-refractivity contribution in [2.24, 2.45) is 0 Å². The molecule has 2 aromatic carbocycles. The maximum absolute atomic E-state index is 13.2. The number of aromatic nitrogens is 2. The van der Waals surface area contributed by atoms with Crippen molar-refractivity contribution in [2.75, 3.05) is 37.3 Å². The standard InChI is InChI=1S/C22H22N4O5/c1-29-10-4-9-25-21(28)17(26-16-6-3-2-5-15(16)24-22(25)26)12-20(27)23-14-7-8-18-19(11-14)31-13-30-18/h2-3,5-8,11,17H,4,9-10,12-13H2,1H3,(H,23,27)/t17-/m0/s1. The molecule has 0 saturated heterocycles. The van der Waals surface area contributed by atoms with Gasteiger partial charge < -0.3 is 19.5 Å². The molecule has 1 aromatic heterocycles. The van der Waals surface area contributed by atoms with Crippen molar-refractivity contribution < 1.29 is 23.8 Å². The van der Waals surface area contributed by atoms with Gasteiger partial charge in [0, 0.05) is 32.0 Å². The Kier molecular flexibility index (Phi) is 4.95. The number of ether oxygens (including phenoxy) is 3. The summed E-state index contributed by atoms with van der Waals surface area (Å²) in [6, 6.07) is 12.2. The van der Waals surface area contributed by atoms with E-state index < -0.39 is 6.04 Å². The summed E-state index contributed by atoms with van der Waals surface area (Å²) in [5, 5.41) is 2.86. The molecule has 0 radical (unpaired) electrons. The van der Waals surface area contributed by atoms with Crippen LogP contribution in [-0.2, 0) is 14.3 Å². The first-order valence-corrected chi connectivity index (χ1v) is 10.1. The number of carbonyl (C=O) groups is 2. The summed E-state index contributed by atoms with van der Waals surface area (Å²) in [5.41, 5.74) is 2.22. The minimum atomic E-state index is -0.654. The first kappa shape index (κ1) is 19.4. The van der Waals surface area contributed by atoms with Gasteiger partial charge in [0.1, 0.15) is 6.04 Å². The molecule has 0 bridgehead atoms. The number of fused-ring (bicyclic) bond motifs is 4. The Morgan fingerprint density at radius 2 is 2.06 bits per heavy atom. The molecule has 5 rings (SSSR count). The normalized spacial score (nSPS) is 16.7. The Balaban J connectivity index is 1.39. The van der Waals surface area contributed by atoms with Gasteiger partial charge in [-0.05, 0) is 30.7 Å². The highest BCUT2D eigenvalue weighted by Gasteiger charge is 2.40. The fraction of sp³-hybridized carbons (Fsp3) is 0.318. The number of imidazole rings is 1. The third kappa shape index (κ3) is 3.46. The second-order valence-electron chi connectivity index (χ2n) is 7.44. The van der Waals surface area contributed by atoms with Gasteiger partial charge in [0.15, 0.2) is 11.5 Å². The van der Waals surface area contributed by atoms with E-state index in [0.29, 0.717) is 42.7 Å². The fourth-order valence-electron chi connectivity index (χ4n) is 4.04. The summed E-state index contributed by atoms with van der Waals surface area (Å²) in [7, 11) is 1.63. The average molecular weight is 422 g/mol. The highest BCUT2D eigenvalue weighted by molar-refractivity contribution is 6.05. The molecule has 0 spiro atoms. The summed E-state index contributed by atoms with van der Waals surface area (Å²) in [5.74, 6) is 1.40. The van der Waals surface area contributed by atoms with E-state index in [1.165, 1.54) is 0 Å². The number of rotatable bonds is 7. The Morgan fingerprint density at radius 3 is 2.94 bits per heavy atom. The molecule has 9 nitrogen and oxygen atoms in total. The number of hydrogen-bond donors (Lipinski definition) is 1. The van der Waals surface area contributed by atoms with Crippen LogP contribution in [0.2, 0.25) is 0 Å². The number of hydrogen-bond acceptors (Lipinski definition) is 6. The molecule has 0 fully saturated rings. The van der Waals surface area contributed by atoms with E-state index in [9.17, 15) is 9.59 Å². The van der Waals surface area contributed by atoms with E-state index >= 15 is 0 Å². The number of methoxy groups -OCH3 is 1. The first-order valence-electron chi connectivity index (χ1n) is 10.1. The lowest BCUT2D eigenvalue weighted by Gasteiger charge is -2.15. The lowest BCUT2D eigenvalue weighted by molar-refractivity contribution is -0.124. The van der Waals surface area contributed by atoms with E-state index in [0.717, 1.165) is 11.0 Å². The molecule has 3 aromatic rings. The topological polar surface area (TPSA) is 94.9 Å². The summed E-state index contributed by atoms with van der Waals surface area (Å²) in [4.78, 5) is 32.4. The average Bonchev–Trinajstić information content (AvgIpc) is 3.44. The van der Waals surface area contributed by atoms with Gasteiger partial charge in [-0.1, -0.05) is 12.1 Å². The first-order chi connectivity index (χ1) is 15.2. The summed E-state index contributed by atoms with van der Waals surface area (Å²) in [6.07, 6.45) is 0.683. The number of carbonyl (C=O) groups excluding carboxylic acids is 2. The molecular formula is C22H22N4O5. The van der Waals surface area contributed by atoms with Crippen LogP contribution >= 0.6 is 0 Å². The number of anilines is 2. The molecule has 2 amide bonds. The van der Waals surface area contributed by atoms with Crippen molar-refractivity contribution in [3.8, 4) is 11.5 Å². The van der Waals surface area contributed by atoms with Gasteiger partial charge in [0.05, 0.1) is 17.5 Å². The quantitative estimate of drug-likeness (QED) is 0.589. The second-order valence-corrected chi connectivity index (χ2v) is 7.44. The molecule has 9 heteroatoms. The number of nitrogens with one attached hydrogen (secondary N) is 1. The molecule has 0 aliphatic carbocycles. The number of para-hydroxylation sites is 2. The van der Waals surface area contributed by atoms with Crippen LogP contribution in [0.1, 0.15) is 18.9 Å². The van der Waals surface area contributed by atoms with Gasteiger partial charge in [-0.25, -0.2) is 4.98 Å². The van der Waals surface area contributed by atoms with E-state index in [4.69, 9.17) is 14.2 Å². The Labute approximate surface area is 178 Å². The third-order valence-electron chi connectivity index (χ3n) is 5.45. The van der Waals surface area contributed by atoms with Crippen molar-refractivity contribution in [3.05, 3.63) is 42.5 Å². The van der Waals surface area contributed by atoms with Crippen molar-refractivity contribution in [1.82, 2.24) is 9.55 Å². The Bertz CT molecular complexity index is 1160. The minimum Gasteiger partial charge on any atom is -0.454 e. The summed E-state index contributed by atoms with van der Waals surface area (Å²) in [6.45, 7) is 1.19. The van der Waals surface area contributed by atoms with Gasteiger partial charge in [-0.3, -0.25) is 19.1 Å². The number of nitrogens with zero attached hydrogens (tertiary/aromatic N) is 3. The van der Waals surface area contributed by atoms with Crippen LogP contribution in [0, 0.1) is 0 Å². The van der Waals surface area contributed by atoms with Crippen molar-refractivity contribution in [3.63, 3.8) is 0 Å². The van der Waals surface area contributed by atoms with Crippen LogP contribution < -0.4 is 19.7 Å². The second kappa shape index (κ2) is 7.92. The molecular weight excluding hydrogens is 400 g/mol. The van der Waals surface area contributed by atoms with Crippen LogP contribution in [0.5, 0.6) is 11.5 Å². The molecule has 0 saturated carbocycles.